The maximum atomic E-state index is 13.1. The van der Waals surface area contributed by atoms with Gasteiger partial charge in [0, 0.05) is 0 Å². The van der Waals surface area contributed by atoms with E-state index in [0.29, 0.717) is 12.2 Å². The number of rotatable bonds is 20. The minimum absolute atomic E-state index is 0.0485. The first kappa shape index (κ1) is 38.5. The quantitative estimate of drug-likeness (QED) is 0.0622. The number of nitrogens with two attached hydrogens (primary N) is 1. The Bertz CT molecular complexity index is 967. The zero-order valence-electron chi connectivity index (χ0n) is 23.9. The summed E-state index contributed by atoms with van der Waals surface area (Å²) in [6, 6.07) is -7.23. The number of thioether (sulfide) groups is 1. The molecular formula is C24H42N6O11S. The van der Waals surface area contributed by atoms with Gasteiger partial charge < -0.3 is 52.7 Å². The molecule has 42 heavy (non-hydrogen) atoms. The molecule has 0 bridgehead atoms. The minimum Gasteiger partial charge on any atom is -0.481 e. The fourth-order valence-electron chi connectivity index (χ4n) is 3.31. The molecule has 0 fully saturated rings. The highest BCUT2D eigenvalue weighted by atomic mass is 32.2. The van der Waals surface area contributed by atoms with E-state index in [1.165, 1.54) is 18.7 Å². The van der Waals surface area contributed by atoms with Crippen molar-refractivity contribution >= 4 is 53.2 Å². The van der Waals surface area contributed by atoms with Gasteiger partial charge in [-0.2, -0.15) is 11.8 Å². The molecule has 0 saturated heterocycles. The summed E-state index contributed by atoms with van der Waals surface area (Å²) in [5.41, 5.74) is 5.46. The van der Waals surface area contributed by atoms with Crippen LogP contribution in [0.15, 0.2) is 0 Å². The van der Waals surface area contributed by atoms with Crippen molar-refractivity contribution < 1.29 is 54.0 Å². The Balaban J connectivity index is 5.59. The van der Waals surface area contributed by atoms with Crippen molar-refractivity contribution in [3.63, 3.8) is 0 Å². The van der Waals surface area contributed by atoms with E-state index in [4.69, 9.17) is 5.73 Å². The molecule has 11 N–H and O–H groups in total. The lowest BCUT2D eigenvalue weighted by Gasteiger charge is -2.28. The number of aliphatic carboxylic acids is 2. The topological polar surface area (TPSA) is 287 Å². The molecule has 240 valence electrons. The Morgan fingerprint density at radius 1 is 0.833 bits per heavy atom. The van der Waals surface area contributed by atoms with Crippen LogP contribution in [0.2, 0.25) is 0 Å². The maximum Gasteiger partial charge on any atom is 0.326 e. The number of carboxylic acid groups (broad SMARTS) is 2. The van der Waals surface area contributed by atoms with Gasteiger partial charge in [-0.25, -0.2) is 4.79 Å². The predicted octanol–water partition coefficient (Wildman–Crippen LogP) is -3.90. The number of hydrogen-bond donors (Lipinski definition) is 10. The highest BCUT2D eigenvalue weighted by molar-refractivity contribution is 7.98. The van der Waals surface area contributed by atoms with E-state index in [9.17, 15) is 54.0 Å². The molecule has 0 saturated carbocycles. The van der Waals surface area contributed by atoms with Gasteiger partial charge in [0.15, 0.2) is 0 Å². The van der Waals surface area contributed by atoms with Crippen molar-refractivity contribution in [3.05, 3.63) is 0 Å². The van der Waals surface area contributed by atoms with Crippen LogP contribution in [0.25, 0.3) is 0 Å². The molecule has 5 amide bonds. The Kier molecular flexibility index (Phi) is 18.0. The van der Waals surface area contributed by atoms with Crippen molar-refractivity contribution in [3.8, 4) is 0 Å². The van der Waals surface area contributed by atoms with Gasteiger partial charge in [-0.1, -0.05) is 20.3 Å². The van der Waals surface area contributed by atoms with E-state index >= 15 is 0 Å². The van der Waals surface area contributed by atoms with Gasteiger partial charge in [-0.05, 0) is 31.3 Å². The first-order chi connectivity index (χ1) is 19.6. The fourth-order valence-corrected chi connectivity index (χ4v) is 3.78. The van der Waals surface area contributed by atoms with Crippen LogP contribution in [0.5, 0.6) is 0 Å². The molecule has 0 rings (SSSR count). The third-order valence-corrected chi connectivity index (χ3v) is 6.75. The summed E-state index contributed by atoms with van der Waals surface area (Å²) in [6.07, 6.45) is 0.0422. The van der Waals surface area contributed by atoms with E-state index in [-0.39, 0.29) is 6.42 Å². The lowest BCUT2D eigenvalue weighted by molar-refractivity contribution is -0.143. The number of amides is 5. The van der Waals surface area contributed by atoms with E-state index in [1.54, 1.807) is 20.1 Å². The summed E-state index contributed by atoms with van der Waals surface area (Å²) in [5, 5.41) is 48.8. The average Bonchev–Trinajstić information content (AvgIpc) is 2.93. The molecule has 0 aliphatic heterocycles. The highest BCUT2D eigenvalue weighted by Gasteiger charge is 2.34. The van der Waals surface area contributed by atoms with Gasteiger partial charge in [0.25, 0.3) is 0 Å². The Morgan fingerprint density at radius 3 is 1.88 bits per heavy atom. The number of hydrogen-bond acceptors (Lipinski definition) is 11. The Hall–Kier alpha value is -3.48. The second kappa shape index (κ2) is 19.6. The zero-order chi connectivity index (χ0) is 32.6. The molecule has 0 aromatic rings. The molecule has 0 aromatic carbocycles. The van der Waals surface area contributed by atoms with Crippen LogP contribution >= 0.6 is 11.8 Å². The lowest BCUT2D eigenvalue weighted by atomic mass is 9.97. The summed E-state index contributed by atoms with van der Waals surface area (Å²) >= 11 is 1.34. The van der Waals surface area contributed by atoms with Crippen LogP contribution in [-0.2, 0) is 33.6 Å². The molecule has 0 radical (unpaired) electrons. The third kappa shape index (κ3) is 13.9. The third-order valence-electron chi connectivity index (χ3n) is 6.11. The standard InChI is InChI=1S/C24H42N6O11S/c1-5-11(2)19(30-21(37)15(10-31)27-16(33)9-26-22(38)18(25)12(3)32)23(39)29-14(8-17(34)35)20(36)28-13(24(40)41)6-7-42-4/h11-15,18-19,31-32H,5-10,25H2,1-4H3,(H,26,38)(H,27,33)(H,28,36)(H,29,39)(H,30,37)(H,34,35)(H,40,41)/t11-,12+,13-,14-,15-,18-,19-/m0/s1. The minimum atomic E-state index is -1.68. The first-order valence-corrected chi connectivity index (χ1v) is 14.4. The fraction of sp³-hybridized carbons (Fsp3) is 0.708. The summed E-state index contributed by atoms with van der Waals surface area (Å²) in [5.74, 6) is -7.73. The molecule has 0 spiro atoms. The number of aliphatic hydroxyl groups excluding tert-OH is 2. The summed E-state index contributed by atoms with van der Waals surface area (Å²) < 4.78 is 0. The van der Waals surface area contributed by atoms with Crippen molar-refractivity contribution in [2.45, 2.75) is 76.3 Å². The molecule has 18 heteroatoms. The van der Waals surface area contributed by atoms with E-state index in [1.807, 2.05) is 0 Å². The van der Waals surface area contributed by atoms with Crippen LogP contribution in [0, 0.1) is 5.92 Å². The second-order valence-corrected chi connectivity index (χ2v) is 10.5. The number of carboxylic acids is 2. The van der Waals surface area contributed by atoms with Gasteiger partial charge in [0.2, 0.25) is 29.5 Å². The zero-order valence-corrected chi connectivity index (χ0v) is 24.7. The number of carbonyl (C=O) groups excluding carboxylic acids is 5. The summed E-state index contributed by atoms with van der Waals surface area (Å²) in [4.78, 5) is 85.7. The highest BCUT2D eigenvalue weighted by Crippen LogP contribution is 2.10. The van der Waals surface area contributed by atoms with Gasteiger partial charge in [-0.15, -0.1) is 0 Å². The van der Waals surface area contributed by atoms with Gasteiger partial charge in [-0.3, -0.25) is 28.8 Å². The van der Waals surface area contributed by atoms with E-state index in [0.717, 1.165) is 0 Å². The average molecular weight is 623 g/mol. The van der Waals surface area contributed by atoms with E-state index in [2.05, 4.69) is 26.6 Å². The van der Waals surface area contributed by atoms with Gasteiger partial charge in [0.05, 0.1) is 25.7 Å². The smallest absolute Gasteiger partial charge is 0.326 e. The summed E-state index contributed by atoms with van der Waals surface area (Å²) in [6.45, 7) is 3.00. The van der Waals surface area contributed by atoms with Crippen molar-refractivity contribution in [2.75, 3.05) is 25.2 Å². The monoisotopic (exact) mass is 622 g/mol. The van der Waals surface area contributed by atoms with Gasteiger partial charge in [0.1, 0.15) is 30.2 Å². The van der Waals surface area contributed by atoms with Gasteiger partial charge >= 0.3 is 11.9 Å². The predicted molar refractivity (Wildman–Crippen MR) is 150 cm³/mol. The van der Waals surface area contributed by atoms with Crippen LogP contribution < -0.4 is 32.3 Å². The molecular weight excluding hydrogens is 580 g/mol. The van der Waals surface area contributed by atoms with E-state index < -0.39 is 103 Å². The molecule has 0 unspecified atom stereocenters. The molecule has 0 aliphatic carbocycles. The van der Waals surface area contributed by atoms with Crippen LogP contribution in [0.1, 0.15) is 40.0 Å². The van der Waals surface area contributed by atoms with Crippen LogP contribution in [0.4, 0.5) is 0 Å². The molecule has 0 aliphatic rings. The van der Waals surface area contributed by atoms with Crippen molar-refractivity contribution in [1.82, 2.24) is 26.6 Å². The largest absolute Gasteiger partial charge is 0.481 e. The lowest BCUT2D eigenvalue weighted by Crippen LogP contribution is -2.60. The first-order valence-electron chi connectivity index (χ1n) is 13.1. The molecule has 0 heterocycles. The normalized spacial score (nSPS) is 15.9. The van der Waals surface area contributed by atoms with Crippen LogP contribution in [0.3, 0.4) is 0 Å². The van der Waals surface area contributed by atoms with Crippen LogP contribution in [-0.4, -0.2) is 123 Å². The number of aliphatic hydroxyl groups is 2. The summed E-state index contributed by atoms with van der Waals surface area (Å²) in [7, 11) is 0. The maximum absolute atomic E-state index is 13.1. The molecule has 7 atom stereocenters. The van der Waals surface area contributed by atoms with Crippen molar-refractivity contribution in [1.29, 1.82) is 0 Å². The van der Waals surface area contributed by atoms with Crippen molar-refractivity contribution in [2.24, 2.45) is 11.7 Å². The Labute approximate surface area is 247 Å². The number of carbonyl (C=O) groups is 7. The molecule has 0 aromatic heterocycles. The number of nitrogens with one attached hydrogen (secondary N) is 5. The SMILES string of the molecule is CC[C@H](C)[C@H](NC(=O)[C@H](CO)NC(=O)CNC(=O)[C@@H](N)[C@@H](C)O)C(=O)N[C@@H](CC(=O)O)C(=O)N[C@@H](CCSC)C(=O)O. The molecule has 17 nitrogen and oxygen atoms in total. The Morgan fingerprint density at radius 2 is 1.40 bits per heavy atom. The second-order valence-electron chi connectivity index (χ2n) is 9.50.